The van der Waals surface area contributed by atoms with Crippen molar-refractivity contribution in [2.45, 2.75) is 38.1 Å². The lowest BCUT2D eigenvalue weighted by Gasteiger charge is -2.51. The molecule has 2 fully saturated rings. The highest BCUT2D eigenvalue weighted by molar-refractivity contribution is 6.31. The van der Waals surface area contributed by atoms with E-state index in [1.165, 1.54) is 24.1 Å². The standard InChI is InChI=1S/C31H34ClN5O/c1-22-12-14-31(15-13-22,37-18-16-36(17-19-37)26-8-3-2-4-9-26)23-6-5-7-25(20-23)33-30(38)29-27-21-24(32)10-11-28(27)34-35-29/h2-11,20-22H,12-19H2,1H3,(H,33,38)(H,34,35). The van der Waals surface area contributed by atoms with Crippen LogP contribution in [0.2, 0.25) is 5.02 Å². The Balaban J connectivity index is 1.25. The van der Waals surface area contributed by atoms with Gasteiger partial charge in [-0.1, -0.05) is 48.9 Å². The minimum Gasteiger partial charge on any atom is -0.369 e. The molecule has 6 nitrogen and oxygen atoms in total. The molecule has 2 heterocycles. The number of anilines is 2. The van der Waals surface area contributed by atoms with E-state index in [2.05, 4.69) is 80.8 Å². The zero-order valence-corrected chi connectivity index (χ0v) is 22.5. The number of aromatic nitrogens is 2. The number of aromatic amines is 1. The van der Waals surface area contributed by atoms with Crippen molar-refractivity contribution in [3.05, 3.63) is 89.1 Å². The Labute approximate surface area is 229 Å². The monoisotopic (exact) mass is 527 g/mol. The van der Waals surface area contributed by atoms with Crippen molar-refractivity contribution in [2.75, 3.05) is 36.4 Å². The average molecular weight is 528 g/mol. The van der Waals surface area contributed by atoms with Crippen LogP contribution in [0.1, 0.15) is 48.7 Å². The van der Waals surface area contributed by atoms with Gasteiger partial charge in [-0.15, -0.1) is 0 Å². The number of H-pyrrole nitrogens is 1. The molecule has 0 spiro atoms. The molecule has 38 heavy (non-hydrogen) atoms. The maximum atomic E-state index is 13.2. The fourth-order valence-corrected chi connectivity index (χ4v) is 6.47. The van der Waals surface area contributed by atoms with E-state index in [0.717, 1.165) is 61.5 Å². The number of carbonyl (C=O) groups excluding carboxylic acids is 1. The summed E-state index contributed by atoms with van der Waals surface area (Å²) in [4.78, 5) is 18.4. The molecule has 0 atom stereocenters. The number of rotatable bonds is 5. The summed E-state index contributed by atoms with van der Waals surface area (Å²) in [7, 11) is 0. The van der Waals surface area contributed by atoms with E-state index >= 15 is 0 Å². The van der Waals surface area contributed by atoms with E-state index in [1.54, 1.807) is 12.1 Å². The quantitative estimate of drug-likeness (QED) is 0.303. The van der Waals surface area contributed by atoms with Gasteiger partial charge in [-0.05, 0) is 79.6 Å². The summed E-state index contributed by atoms with van der Waals surface area (Å²) >= 11 is 6.18. The van der Waals surface area contributed by atoms with Gasteiger partial charge in [0, 0.05) is 53.5 Å². The number of carbonyl (C=O) groups is 1. The van der Waals surface area contributed by atoms with Gasteiger partial charge in [-0.25, -0.2) is 0 Å². The molecule has 7 heteroatoms. The topological polar surface area (TPSA) is 64.3 Å². The third-order valence-electron chi connectivity index (χ3n) is 8.51. The third-order valence-corrected chi connectivity index (χ3v) is 8.74. The Morgan fingerprint density at radius 2 is 1.74 bits per heavy atom. The molecule has 1 aliphatic carbocycles. The molecule has 1 saturated carbocycles. The number of piperazine rings is 1. The number of hydrogen-bond donors (Lipinski definition) is 2. The van der Waals surface area contributed by atoms with Gasteiger partial charge in [0.25, 0.3) is 5.91 Å². The first kappa shape index (κ1) is 25.0. The van der Waals surface area contributed by atoms with E-state index in [4.69, 9.17) is 11.6 Å². The van der Waals surface area contributed by atoms with Crippen molar-refractivity contribution < 1.29 is 4.79 Å². The average Bonchev–Trinajstić information content (AvgIpc) is 3.38. The minimum absolute atomic E-state index is 0.0113. The Morgan fingerprint density at radius 3 is 2.50 bits per heavy atom. The van der Waals surface area contributed by atoms with Gasteiger partial charge in [0.05, 0.1) is 5.52 Å². The highest BCUT2D eigenvalue weighted by Crippen LogP contribution is 2.45. The van der Waals surface area contributed by atoms with Gasteiger partial charge in [-0.2, -0.15) is 5.10 Å². The summed E-state index contributed by atoms with van der Waals surface area (Å²) in [6.07, 6.45) is 4.71. The van der Waals surface area contributed by atoms with Crippen LogP contribution in [0.15, 0.2) is 72.8 Å². The second-order valence-electron chi connectivity index (χ2n) is 10.8. The highest BCUT2D eigenvalue weighted by atomic mass is 35.5. The van der Waals surface area contributed by atoms with Gasteiger partial charge in [0.15, 0.2) is 5.69 Å². The molecule has 196 valence electrons. The lowest BCUT2D eigenvalue weighted by atomic mass is 9.71. The number of hydrogen-bond acceptors (Lipinski definition) is 4. The Bertz CT molecular complexity index is 1420. The maximum absolute atomic E-state index is 13.2. The van der Waals surface area contributed by atoms with E-state index in [1.807, 2.05) is 12.1 Å². The molecule has 1 aromatic heterocycles. The lowest BCUT2D eigenvalue weighted by Crippen LogP contribution is -2.56. The molecule has 3 aromatic carbocycles. The van der Waals surface area contributed by atoms with Gasteiger partial charge < -0.3 is 10.2 Å². The molecule has 0 radical (unpaired) electrons. The molecule has 1 amide bonds. The molecule has 2 aliphatic rings. The summed E-state index contributed by atoms with van der Waals surface area (Å²) in [6, 6.07) is 24.6. The normalized spacial score (nSPS) is 22.5. The predicted molar refractivity (Wildman–Crippen MR) is 155 cm³/mol. The van der Waals surface area contributed by atoms with E-state index in [-0.39, 0.29) is 11.4 Å². The second-order valence-corrected chi connectivity index (χ2v) is 11.3. The summed E-state index contributed by atoms with van der Waals surface area (Å²) < 4.78 is 0. The van der Waals surface area contributed by atoms with Gasteiger partial charge in [0.1, 0.15) is 0 Å². The number of fused-ring (bicyclic) bond motifs is 1. The second kappa shape index (κ2) is 10.4. The molecular formula is C31H34ClN5O. The minimum atomic E-state index is -0.238. The van der Waals surface area contributed by atoms with Crippen molar-refractivity contribution >= 4 is 39.8 Å². The fourth-order valence-electron chi connectivity index (χ4n) is 6.29. The predicted octanol–water partition coefficient (Wildman–Crippen LogP) is 6.70. The number of nitrogens with zero attached hydrogens (tertiary/aromatic N) is 3. The van der Waals surface area contributed by atoms with Crippen molar-refractivity contribution in [3.8, 4) is 0 Å². The molecular weight excluding hydrogens is 494 g/mol. The summed E-state index contributed by atoms with van der Waals surface area (Å²) in [5.41, 5.74) is 4.53. The zero-order chi connectivity index (χ0) is 26.1. The summed E-state index contributed by atoms with van der Waals surface area (Å²) in [6.45, 7) is 6.47. The number of benzene rings is 3. The molecule has 1 saturated heterocycles. The van der Waals surface area contributed by atoms with Crippen LogP contribution in [0.3, 0.4) is 0 Å². The van der Waals surface area contributed by atoms with E-state index in [0.29, 0.717) is 10.7 Å². The Hall–Kier alpha value is -3.35. The molecule has 1 aliphatic heterocycles. The van der Waals surface area contributed by atoms with Crippen LogP contribution < -0.4 is 10.2 Å². The molecule has 6 rings (SSSR count). The Morgan fingerprint density at radius 1 is 0.974 bits per heavy atom. The number of nitrogens with one attached hydrogen (secondary N) is 2. The van der Waals surface area contributed by atoms with Crippen LogP contribution in [-0.4, -0.2) is 47.2 Å². The van der Waals surface area contributed by atoms with Crippen LogP contribution in [0.5, 0.6) is 0 Å². The zero-order valence-electron chi connectivity index (χ0n) is 21.8. The first-order valence-corrected chi connectivity index (χ1v) is 14.0. The summed E-state index contributed by atoms with van der Waals surface area (Å²) in [5.74, 6) is 0.509. The SMILES string of the molecule is CC1CCC(c2cccc(NC(=O)c3n[nH]c4ccc(Cl)cc34)c2)(N2CCN(c3ccccc3)CC2)CC1. The largest absolute Gasteiger partial charge is 0.369 e. The maximum Gasteiger partial charge on any atom is 0.276 e. The van der Waals surface area contributed by atoms with Gasteiger partial charge in [-0.3, -0.25) is 14.8 Å². The molecule has 0 unspecified atom stereocenters. The van der Waals surface area contributed by atoms with Crippen LogP contribution in [0, 0.1) is 5.92 Å². The smallest absolute Gasteiger partial charge is 0.276 e. The molecule has 2 N–H and O–H groups in total. The number of amides is 1. The third kappa shape index (κ3) is 4.79. The first-order chi connectivity index (χ1) is 18.5. The van der Waals surface area contributed by atoms with Crippen molar-refractivity contribution in [2.24, 2.45) is 5.92 Å². The first-order valence-electron chi connectivity index (χ1n) is 13.6. The van der Waals surface area contributed by atoms with Crippen LogP contribution in [0.25, 0.3) is 10.9 Å². The fraction of sp³-hybridized carbons (Fsp3) is 0.355. The highest BCUT2D eigenvalue weighted by Gasteiger charge is 2.42. The van der Waals surface area contributed by atoms with Crippen molar-refractivity contribution in [1.29, 1.82) is 0 Å². The lowest BCUT2D eigenvalue weighted by molar-refractivity contribution is 0.0299. The van der Waals surface area contributed by atoms with Gasteiger partial charge >= 0.3 is 0 Å². The van der Waals surface area contributed by atoms with Gasteiger partial charge in [0.2, 0.25) is 0 Å². The van der Waals surface area contributed by atoms with E-state index < -0.39 is 0 Å². The van der Waals surface area contributed by atoms with Crippen molar-refractivity contribution in [3.63, 3.8) is 0 Å². The molecule has 4 aromatic rings. The van der Waals surface area contributed by atoms with Crippen LogP contribution in [0.4, 0.5) is 11.4 Å². The van der Waals surface area contributed by atoms with Crippen LogP contribution >= 0.6 is 11.6 Å². The molecule has 0 bridgehead atoms. The Kier molecular flexibility index (Phi) is 6.85. The number of halogens is 1. The van der Waals surface area contributed by atoms with Crippen molar-refractivity contribution in [1.82, 2.24) is 15.1 Å². The summed E-state index contributed by atoms with van der Waals surface area (Å²) in [5, 5.41) is 11.6. The number of para-hydroxylation sites is 1. The van der Waals surface area contributed by atoms with Crippen LogP contribution in [-0.2, 0) is 5.54 Å². The van der Waals surface area contributed by atoms with E-state index in [9.17, 15) is 4.79 Å².